The predicted octanol–water partition coefficient (Wildman–Crippen LogP) is 4.41. The van der Waals surface area contributed by atoms with E-state index in [-0.39, 0.29) is 0 Å². The quantitative estimate of drug-likeness (QED) is 0.830. The van der Waals surface area contributed by atoms with Crippen LogP contribution in [-0.4, -0.2) is 23.0 Å². The molecule has 2 heterocycles. The highest BCUT2D eigenvalue weighted by Crippen LogP contribution is 2.27. The summed E-state index contributed by atoms with van der Waals surface area (Å²) >= 11 is 1.80. The Morgan fingerprint density at radius 2 is 1.95 bits per heavy atom. The summed E-state index contributed by atoms with van der Waals surface area (Å²) in [5.74, 6) is 0. The lowest BCUT2D eigenvalue weighted by Gasteiger charge is -2.25. The Hall–Kier alpha value is -1.19. The molecule has 1 aliphatic heterocycles. The van der Waals surface area contributed by atoms with Gasteiger partial charge in [0.25, 0.3) is 0 Å². The van der Waals surface area contributed by atoms with Gasteiger partial charge in [0.05, 0.1) is 12.2 Å². The maximum absolute atomic E-state index is 4.85. The number of nitrogens with zero attached hydrogens (tertiary/aromatic N) is 2. The minimum Gasteiger partial charge on any atom is -0.297 e. The van der Waals surface area contributed by atoms with Gasteiger partial charge in [-0.1, -0.05) is 24.1 Å². The van der Waals surface area contributed by atoms with Gasteiger partial charge in [-0.15, -0.1) is 11.3 Å². The van der Waals surface area contributed by atoms with Crippen LogP contribution in [0.2, 0.25) is 0 Å². The first-order chi connectivity index (χ1) is 9.72. The molecular formula is C17H22N2S. The van der Waals surface area contributed by atoms with Gasteiger partial charge in [0.15, 0.2) is 0 Å². The molecule has 1 saturated heterocycles. The van der Waals surface area contributed by atoms with Crippen LogP contribution >= 0.6 is 11.3 Å². The molecule has 0 unspecified atom stereocenters. The van der Waals surface area contributed by atoms with Crippen molar-refractivity contribution in [3.05, 3.63) is 39.7 Å². The number of aryl methyl sites for hydroxylation is 2. The van der Waals surface area contributed by atoms with Crippen LogP contribution in [0.25, 0.3) is 11.3 Å². The second kappa shape index (κ2) is 6.06. The summed E-state index contributed by atoms with van der Waals surface area (Å²) in [6, 6.07) is 6.60. The Kier molecular flexibility index (Phi) is 4.18. The van der Waals surface area contributed by atoms with Crippen LogP contribution in [0.3, 0.4) is 0 Å². The summed E-state index contributed by atoms with van der Waals surface area (Å²) in [5.41, 5.74) is 5.04. The summed E-state index contributed by atoms with van der Waals surface area (Å²) in [7, 11) is 0. The predicted molar refractivity (Wildman–Crippen MR) is 86.2 cm³/mol. The SMILES string of the molecule is Cc1ccc(C)c(-c2csc(CN3CCCCC3)n2)c1. The summed E-state index contributed by atoms with van der Waals surface area (Å²) in [6.07, 6.45) is 4.08. The monoisotopic (exact) mass is 286 g/mol. The molecule has 20 heavy (non-hydrogen) atoms. The molecule has 0 bridgehead atoms. The third-order valence-corrected chi connectivity index (χ3v) is 4.86. The fraction of sp³-hybridized carbons (Fsp3) is 0.471. The van der Waals surface area contributed by atoms with Gasteiger partial charge in [-0.25, -0.2) is 4.98 Å². The minimum atomic E-state index is 1.02. The van der Waals surface area contributed by atoms with Crippen LogP contribution in [0.5, 0.6) is 0 Å². The minimum absolute atomic E-state index is 1.02. The molecule has 1 aromatic carbocycles. The number of hydrogen-bond acceptors (Lipinski definition) is 3. The Morgan fingerprint density at radius 1 is 1.15 bits per heavy atom. The second-order valence-electron chi connectivity index (χ2n) is 5.78. The number of likely N-dealkylation sites (tertiary alicyclic amines) is 1. The van der Waals surface area contributed by atoms with Crippen molar-refractivity contribution < 1.29 is 0 Å². The molecule has 0 N–H and O–H groups in total. The van der Waals surface area contributed by atoms with E-state index in [0.29, 0.717) is 0 Å². The first kappa shape index (κ1) is 13.8. The standard InChI is InChI=1S/C17H22N2S/c1-13-6-7-14(2)15(10-13)16-12-20-17(18-16)11-19-8-4-3-5-9-19/h6-7,10,12H,3-5,8-9,11H2,1-2H3. The Bertz CT molecular complexity index is 582. The van der Waals surface area contributed by atoms with Gasteiger partial charge >= 0.3 is 0 Å². The highest BCUT2D eigenvalue weighted by atomic mass is 32.1. The van der Waals surface area contributed by atoms with Gasteiger partial charge < -0.3 is 0 Å². The largest absolute Gasteiger partial charge is 0.297 e. The van der Waals surface area contributed by atoms with E-state index in [0.717, 1.165) is 12.2 Å². The summed E-state index contributed by atoms with van der Waals surface area (Å²) < 4.78 is 0. The van der Waals surface area contributed by atoms with E-state index in [1.807, 2.05) is 0 Å². The van der Waals surface area contributed by atoms with E-state index >= 15 is 0 Å². The Labute approximate surface area is 125 Å². The van der Waals surface area contributed by atoms with Gasteiger partial charge in [0.2, 0.25) is 0 Å². The van der Waals surface area contributed by atoms with E-state index in [1.165, 1.54) is 54.0 Å². The van der Waals surface area contributed by atoms with Crippen molar-refractivity contribution in [2.75, 3.05) is 13.1 Å². The van der Waals surface area contributed by atoms with Crippen molar-refractivity contribution in [2.45, 2.75) is 39.7 Å². The van der Waals surface area contributed by atoms with Crippen LogP contribution < -0.4 is 0 Å². The summed E-state index contributed by atoms with van der Waals surface area (Å²) in [6.45, 7) is 7.80. The van der Waals surface area contributed by atoms with Crippen molar-refractivity contribution in [3.8, 4) is 11.3 Å². The molecule has 3 rings (SSSR count). The van der Waals surface area contributed by atoms with E-state index in [9.17, 15) is 0 Å². The van der Waals surface area contributed by atoms with E-state index in [4.69, 9.17) is 4.98 Å². The number of piperidine rings is 1. The van der Waals surface area contributed by atoms with Gasteiger partial charge in [0, 0.05) is 10.9 Å². The highest BCUT2D eigenvalue weighted by molar-refractivity contribution is 7.09. The van der Waals surface area contributed by atoms with Crippen LogP contribution in [0.15, 0.2) is 23.6 Å². The molecule has 1 aromatic heterocycles. The average Bonchev–Trinajstić information content (AvgIpc) is 2.91. The van der Waals surface area contributed by atoms with Crippen LogP contribution in [0.1, 0.15) is 35.4 Å². The molecule has 0 radical (unpaired) electrons. The lowest BCUT2D eigenvalue weighted by atomic mass is 10.0. The highest BCUT2D eigenvalue weighted by Gasteiger charge is 2.13. The number of hydrogen-bond donors (Lipinski definition) is 0. The molecule has 0 aliphatic carbocycles. The molecule has 1 fully saturated rings. The zero-order valence-electron chi connectivity index (χ0n) is 12.4. The molecule has 1 aliphatic rings. The molecule has 0 atom stereocenters. The topological polar surface area (TPSA) is 16.1 Å². The maximum Gasteiger partial charge on any atom is 0.107 e. The number of thiazole rings is 1. The lowest BCUT2D eigenvalue weighted by Crippen LogP contribution is -2.28. The maximum atomic E-state index is 4.85. The zero-order valence-corrected chi connectivity index (χ0v) is 13.2. The van der Waals surface area contributed by atoms with Crippen LogP contribution in [-0.2, 0) is 6.54 Å². The van der Waals surface area contributed by atoms with Crippen molar-refractivity contribution in [1.82, 2.24) is 9.88 Å². The van der Waals surface area contributed by atoms with Gasteiger partial charge in [-0.05, 0) is 51.4 Å². The summed E-state index contributed by atoms with van der Waals surface area (Å²) in [4.78, 5) is 7.39. The normalized spacial score (nSPS) is 16.5. The van der Waals surface area contributed by atoms with E-state index < -0.39 is 0 Å². The third-order valence-electron chi connectivity index (χ3n) is 4.03. The fourth-order valence-corrected chi connectivity index (χ4v) is 3.66. The van der Waals surface area contributed by atoms with Crippen molar-refractivity contribution >= 4 is 11.3 Å². The molecule has 2 nitrogen and oxygen atoms in total. The zero-order chi connectivity index (χ0) is 13.9. The van der Waals surface area contributed by atoms with Crippen LogP contribution in [0, 0.1) is 13.8 Å². The van der Waals surface area contributed by atoms with Gasteiger partial charge in [-0.3, -0.25) is 4.90 Å². The van der Waals surface area contributed by atoms with Crippen molar-refractivity contribution in [3.63, 3.8) is 0 Å². The fourth-order valence-electron chi connectivity index (χ4n) is 2.83. The third kappa shape index (κ3) is 3.10. The number of benzene rings is 1. The molecular weight excluding hydrogens is 264 g/mol. The number of aromatic nitrogens is 1. The molecule has 2 aromatic rings. The van der Waals surface area contributed by atoms with Gasteiger partial charge in [-0.2, -0.15) is 0 Å². The lowest BCUT2D eigenvalue weighted by molar-refractivity contribution is 0.220. The average molecular weight is 286 g/mol. The smallest absolute Gasteiger partial charge is 0.107 e. The Morgan fingerprint density at radius 3 is 2.75 bits per heavy atom. The van der Waals surface area contributed by atoms with Crippen molar-refractivity contribution in [1.29, 1.82) is 0 Å². The molecule has 106 valence electrons. The van der Waals surface area contributed by atoms with Crippen LogP contribution in [0.4, 0.5) is 0 Å². The van der Waals surface area contributed by atoms with E-state index in [2.05, 4.69) is 42.3 Å². The van der Waals surface area contributed by atoms with Crippen molar-refractivity contribution in [2.24, 2.45) is 0 Å². The van der Waals surface area contributed by atoms with Gasteiger partial charge in [0.1, 0.15) is 5.01 Å². The number of rotatable bonds is 3. The summed E-state index contributed by atoms with van der Waals surface area (Å²) in [5, 5.41) is 3.46. The Balaban J connectivity index is 1.77. The molecule has 0 amide bonds. The molecule has 0 spiro atoms. The first-order valence-electron chi connectivity index (χ1n) is 7.47. The molecule has 3 heteroatoms. The molecule has 0 saturated carbocycles. The first-order valence-corrected chi connectivity index (χ1v) is 8.35. The second-order valence-corrected chi connectivity index (χ2v) is 6.72. The van der Waals surface area contributed by atoms with E-state index in [1.54, 1.807) is 11.3 Å².